The molecule has 1 atom stereocenters. The molecule has 0 unspecified atom stereocenters. The van der Waals surface area contributed by atoms with E-state index in [1.54, 1.807) is 0 Å². The number of fused-ring (bicyclic) bond motifs is 1. The van der Waals surface area contributed by atoms with Crippen LogP contribution in [0.1, 0.15) is 29.2 Å². The average molecular weight is 263 g/mol. The maximum atomic E-state index is 6.00. The largest absolute Gasteiger partial charge is 0.324 e. The van der Waals surface area contributed by atoms with Gasteiger partial charge in [0.1, 0.15) is 0 Å². The Balaban J connectivity index is 0.000000845. The van der Waals surface area contributed by atoms with Gasteiger partial charge in [0, 0.05) is 10.5 Å². The number of hydrogen-bond acceptors (Lipinski definition) is 1. The van der Waals surface area contributed by atoms with Crippen molar-refractivity contribution in [1.29, 1.82) is 0 Å². The number of hydrogen-bond donors (Lipinski definition) is 1. The summed E-state index contributed by atoms with van der Waals surface area (Å²) in [6.45, 7) is 2.14. The van der Waals surface area contributed by atoms with Gasteiger partial charge in [0.15, 0.2) is 0 Å². The molecule has 1 aromatic carbocycles. The van der Waals surface area contributed by atoms with E-state index in [9.17, 15) is 0 Å². The zero-order valence-corrected chi connectivity index (χ0v) is 9.91. The van der Waals surface area contributed by atoms with Crippen LogP contribution < -0.4 is 5.73 Å². The van der Waals surface area contributed by atoms with Crippen LogP contribution >= 0.6 is 28.3 Å². The van der Waals surface area contributed by atoms with E-state index < -0.39 is 0 Å². The summed E-state index contributed by atoms with van der Waals surface area (Å²) in [5.41, 5.74) is 10.1. The average Bonchev–Trinajstić information content (AvgIpc) is 2.42. The smallest absolute Gasteiger partial charge is 0.0303 e. The van der Waals surface area contributed by atoms with Crippen LogP contribution in [-0.2, 0) is 6.42 Å². The van der Waals surface area contributed by atoms with Gasteiger partial charge in [0.2, 0.25) is 0 Å². The van der Waals surface area contributed by atoms with Crippen molar-refractivity contribution >= 4 is 28.3 Å². The maximum absolute atomic E-state index is 6.00. The lowest BCUT2D eigenvalue weighted by atomic mass is 10.0. The van der Waals surface area contributed by atoms with Gasteiger partial charge in [-0.05, 0) is 42.5 Å². The van der Waals surface area contributed by atoms with E-state index in [1.165, 1.54) is 21.2 Å². The Morgan fingerprint density at radius 2 is 2.15 bits per heavy atom. The number of aryl methyl sites for hydroxylation is 1. The molecule has 13 heavy (non-hydrogen) atoms. The van der Waals surface area contributed by atoms with Crippen LogP contribution in [0.3, 0.4) is 0 Å². The molecule has 0 amide bonds. The normalized spacial score (nSPS) is 19.5. The SMILES string of the molecule is Cc1ccc(Br)c2c1[C@H](N)CC2.Cl. The van der Waals surface area contributed by atoms with Gasteiger partial charge in [0.25, 0.3) is 0 Å². The Bertz CT molecular complexity index is 325. The highest BCUT2D eigenvalue weighted by Gasteiger charge is 2.22. The van der Waals surface area contributed by atoms with Crippen LogP contribution in [-0.4, -0.2) is 0 Å². The van der Waals surface area contributed by atoms with Crippen LogP contribution in [0.5, 0.6) is 0 Å². The second-order valence-electron chi connectivity index (χ2n) is 3.40. The molecule has 0 saturated heterocycles. The highest BCUT2D eigenvalue weighted by atomic mass is 79.9. The van der Waals surface area contributed by atoms with Crippen LogP contribution in [0.4, 0.5) is 0 Å². The first-order valence-corrected chi connectivity index (χ1v) is 5.03. The predicted octanol–water partition coefficient (Wildman–Crippen LogP) is 3.13. The molecule has 72 valence electrons. The van der Waals surface area contributed by atoms with E-state index >= 15 is 0 Å². The molecular formula is C10H13BrClN. The first-order chi connectivity index (χ1) is 5.70. The second kappa shape index (κ2) is 3.99. The number of nitrogens with two attached hydrogens (primary N) is 1. The standard InChI is InChI=1S/C10H12BrN.ClH/c1-6-2-4-8(11)7-3-5-9(12)10(6)7;/h2,4,9H,3,5,12H2,1H3;1H/t9-;/m1./s1. The lowest BCUT2D eigenvalue weighted by molar-refractivity contribution is 0.710. The van der Waals surface area contributed by atoms with Gasteiger partial charge in [-0.25, -0.2) is 0 Å². The van der Waals surface area contributed by atoms with Crippen molar-refractivity contribution in [3.8, 4) is 0 Å². The lowest BCUT2D eigenvalue weighted by Gasteiger charge is -2.09. The summed E-state index contributed by atoms with van der Waals surface area (Å²) in [6, 6.07) is 4.51. The van der Waals surface area contributed by atoms with E-state index in [0.29, 0.717) is 0 Å². The molecule has 1 aliphatic rings. The Hall–Kier alpha value is -0.0500. The number of halogens is 2. The quantitative estimate of drug-likeness (QED) is 0.764. The van der Waals surface area contributed by atoms with E-state index in [-0.39, 0.29) is 18.4 Å². The van der Waals surface area contributed by atoms with Gasteiger partial charge >= 0.3 is 0 Å². The third-order valence-corrected chi connectivity index (χ3v) is 3.34. The Morgan fingerprint density at radius 3 is 2.77 bits per heavy atom. The topological polar surface area (TPSA) is 26.0 Å². The summed E-state index contributed by atoms with van der Waals surface area (Å²) in [5.74, 6) is 0. The monoisotopic (exact) mass is 261 g/mol. The van der Waals surface area contributed by atoms with Gasteiger partial charge in [-0.1, -0.05) is 22.0 Å². The minimum absolute atomic E-state index is 0. The van der Waals surface area contributed by atoms with Crippen molar-refractivity contribution in [2.24, 2.45) is 5.73 Å². The fourth-order valence-corrected chi connectivity index (χ4v) is 2.51. The van der Waals surface area contributed by atoms with Gasteiger partial charge < -0.3 is 5.73 Å². The van der Waals surface area contributed by atoms with Crippen LogP contribution in [0.15, 0.2) is 16.6 Å². The lowest BCUT2D eigenvalue weighted by Crippen LogP contribution is -2.06. The molecule has 0 spiro atoms. The van der Waals surface area contributed by atoms with Crippen molar-refractivity contribution in [3.05, 3.63) is 33.3 Å². The molecule has 0 aromatic heterocycles. The third-order valence-electron chi connectivity index (χ3n) is 2.59. The zero-order valence-electron chi connectivity index (χ0n) is 7.51. The minimum Gasteiger partial charge on any atom is -0.324 e. The first kappa shape index (κ1) is 11.0. The van der Waals surface area contributed by atoms with Crippen molar-refractivity contribution < 1.29 is 0 Å². The van der Waals surface area contributed by atoms with Crippen LogP contribution in [0, 0.1) is 6.92 Å². The van der Waals surface area contributed by atoms with E-state index in [1.807, 2.05) is 0 Å². The summed E-state index contributed by atoms with van der Waals surface area (Å²) < 4.78 is 1.22. The molecule has 1 nitrogen and oxygen atoms in total. The summed E-state index contributed by atoms with van der Waals surface area (Å²) in [4.78, 5) is 0. The molecule has 0 heterocycles. The zero-order chi connectivity index (χ0) is 8.72. The Morgan fingerprint density at radius 1 is 1.46 bits per heavy atom. The van der Waals surface area contributed by atoms with Crippen molar-refractivity contribution in [1.82, 2.24) is 0 Å². The summed E-state index contributed by atoms with van der Waals surface area (Å²) >= 11 is 3.55. The van der Waals surface area contributed by atoms with E-state index in [0.717, 1.165) is 12.8 Å². The van der Waals surface area contributed by atoms with Crippen molar-refractivity contribution in [3.63, 3.8) is 0 Å². The van der Waals surface area contributed by atoms with Crippen molar-refractivity contribution in [2.45, 2.75) is 25.8 Å². The van der Waals surface area contributed by atoms with Gasteiger partial charge in [-0.15, -0.1) is 12.4 Å². The maximum Gasteiger partial charge on any atom is 0.0303 e. The predicted molar refractivity (Wildman–Crippen MR) is 61.4 cm³/mol. The number of rotatable bonds is 0. The highest BCUT2D eigenvalue weighted by Crippen LogP contribution is 2.36. The third kappa shape index (κ3) is 1.76. The summed E-state index contributed by atoms with van der Waals surface area (Å²) in [5, 5.41) is 0. The Labute approximate surface area is 93.2 Å². The highest BCUT2D eigenvalue weighted by molar-refractivity contribution is 9.10. The molecule has 2 rings (SSSR count). The molecule has 1 aliphatic carbocycles. The Kier molecular flexibility index (Phi) is 3.38. The molecular weight excluding hydrogens is 249 g/mol. The molecule has 0 fully saturated rings. The summed E-state index contributed by atoms with van der Waals surface area (Å²) in [6.07, 6.45) is 2.22. The molecule has 2 N–H and O–H groups in total. The number of benzene rings is 1. The van der Waals surface area contributed by atoms with Gasteiger partial charge in [-0.2, -0.15) is 0 Å². The molecule has 0 bridgehead atoms. The van der Waals surface area contributed by atoms with E-state index in [2.05, 4.69) is 35.0 Å². The van der Waals surface area contributed by atoms with Crippen LogP contribution in [0.25, 0.3) is 0 Å². The second-order valence-corrected chi connectivity index (χ2v) is 4.26. The van der Waals surface area contributed by atoms with Crippen molar-refractivity contribution in [2.75, 3.05) is 0 Å². The molecule has 0 radical (unpaired) electrons. The molecule has 1 aromatic rings. The summed E-state index contributed by atoms with van der Waals surface area (Å²) in [7, 11) is 0. The fourth-order valence-electron chi connectivity index (χ4n) is 1.97. The first-order valence-electron chi connectivity index (χ1n) is 4.23. The minimum atomic E-state index is 0. The van der Waals surface area contributed by atoms with E-state index in [4.69, 9.17) is 5.73 Å². The van der Waals surface area contributed by atoms with Gasteiger partial charge in [-0.3, -0.25) is 0 Å². The van der Waals surface area contributed by atoms with Crippen LogP contribution in [0.2, 0.25) is 0 Å². The fraction of sp³-hybridized carbons (Fsp3) is 0.400. The van der Waals surface area contributed by atoms with Gasteiger partial charge in [0.05, 0.1) is 0 Å². The molecule has 0 saturated carbocycles. The molecule has 0 aliphatic heterocycles. The molecule has 3 heteroatoms.